The topological polar surface area (TPSA) is 26.3 Å². The lowest BCUT2D eigenvalue weighted by Gasteiger charge is -2.14. The van der Waals surface area contributed by atoms with Gasteiger partial charge in [0.05, 0.1) is 7.11 Å². The summed E-state index contributed by atoms with van der Waals surface area (Å²) in [6, 6.07) is 3.76. The molecule has 0 heterocycles. The Kier molecular flexibility index (Phi) is 3.80. The van der Waals surface area contributed by atoms with Gasteiger partial charge in [0, 0.05) is 5.56 Å². The van der Waals surface area contributed by atoms with Crippen LogP contribution in [0.3, 0.4) is 0 Å². The summed E-state index contributed by atoms with van der Waals surface area (Å²) in [6.45, 7) is 6.02. The van der Waals surface area contributed by atoms with Crippen molar-refractivity contribution in [2.45, 2.75) is 26.7 Å². The van der Waals surface area contributed by atoms with Crippen LogP contribution in [0, 0.1) is 6.92 Å². The Morgan fingerprint density at radius 1 is 1.40 bits per heavy atom. The highest BCUT2D eigenvalue weighted by molar-refractivity contribution is 7.97. The molecule has 3 heteroatoms. The van der Waals surface area contributed by atoms with Crippen LogP contribution in [0.1, 0.15) is 41.3 Å². The van der Waals surface area contributed by atoms with E-state index in [0.29, 0.717) is 11.5 Å². The maximum absolute atomic E-state index is 11.3. The van der Waals surface area contributed by atoms with Crippen LogP contribution >= 0.6 is 12.6 Å². The van der Waals surface area contributed by atoms with Crippen molar-refractivity contribution >= 4 is 17.7 Å². The molecule has 1 aromatic carbocycles. The second-order valence-electron chi connectivity index (χ2n) is 3.87. The summed E-state index contributed by atoms with van der Waals surface area (Å²) in [5.74, 6) is 1.16. The minimum Gasteiger partial charge on any atom is -0.496 e. The molecule has 0 amide bonds. The van der Waals surface area contributed by atoms with E-state index >= 15 is 0 Å². The van der Waals surface area contributed by atoms with Crippen molar-refractivity contribution in [3.8, 4) is 5.75 Å². The second kappa shape index (κ2) is 4.71. The molecule has 1 rings (SSSR count). The van der Waals surface area contributed by atoms with E-state index in [1.807, 2.05) is 19.1 Å². The van der Waals surface area contributed by atoms with E-state index in [4.69, 9.17) is 4.74 Å². The number of aryl methyl sites for hydroxylation is 1. The molecule has 0 atom stereocenters. The normalized spacial score (nSPS) is 10.5. The summed E-state index contributed by atoms with van der Waals surface area (Å²) in [4.78, 5) is 11.3. The Bertz CT molecular complexity index is 383. The first kappa shape index (κ1) is 12.1. The number of rotatable bonds is 3. The van der Waals surface area contributed by atoms with Gasteiger partial charge in [-0.3, -0.25) is 4.79 Å². The lowest BCUT2D eigenvalue weighted by Crippen LogP contribution is -2.01. The Labute approximate surface area is 96.1 Å². The standard InChI is InChI=1S/C12H16O2S/c1-7(2)9-6-10(12(13)15)8(3)5-11(9)14-4/h5-7H,1-4H3,(H,13,15). The van der Waals surface area contributed by atoms with Gasteiger partial charge in [-0.25, -0.2) is 0 Å². The van der Waals surface area contributed by atoms with Crippen LogP contribution in [0.2, 0.25) is 0 Å². The van der Waals surface area contributed by atoms with Gasteiger partial charge in [0.15, 0.2) is 0 Å². The summed E-state index contributed by atoms with van der Waals surface area (Å²) < 4.78 is 5.29. The molecule has 0 spiro atoms. The average Bonchev–Trinajstić information content (AvgIpc) is 2.16. The lowest BCUT2D eigenvalue weighted by molar-refractivity contribution is 0.109. The van der Waals surface area contributed by atoms with Crippen LogP contribution in [0.4, 0.5) is 0 Å². The van der Waals surface area contributed by atoms with Crippen molar-refractivity contribution in [2.75, 3.05) is 7.11 Å². The average molecular weight is 224 g/mol. The maximum atomic E-state index is 11.3. The molecule has 0 saturated heterocycles. The van der Waals surface area contributed by atoms with E-state index in [2.05, 4.69) is 26.5 Å². The fraction of sp³-hybridized carbons (Fsp3) is 0.417. The SMILES string of the molecule is COc1cc(C)c(C(=O)S)cc1C(C)C. The van der Waals surface area contributed by atoms with Gasteiger partial charge in [0.2, 0.25) is 5.12 Å². The van der Waals surface area contributed by atoms with Gasteiger partial charge in [0.25, 0.3) is 0 Å². The van der Waals surface area contributed by atoms with E-state index in [9.17, 15) is 4.79 Å². The molecule has 0 aromatic heterocycles. The van der Waals surface area contributed by atoms with Crippen LogP contribution in [-0.2, 0) is 0 Å². The first-order chi connectivity index (χ1) is 6.97. The Balaban J connectivity index is 3.37. The summed E-state index contributed by atoms with van der Waals surface area (Å²) in [5.41, 5.74) is 2.60. The molecule has 2 nitrogen and oxygen atoms in total. The molecule has 0 aliphatic heterocycles. The molecular weight excluding hydrogens is 208 g/mol. The third-order valence-corrected chi connectivity index (χ3v) is 2.67. The molecule has 15 heavy (non-hydrogen) atoms. The van der Waals surface area contributed by atoms with Crippen molar-refractivity contribution in [1.82, 2.24) is 0 Å². The number of carbonyl (C=O) groups excluding carboxylic acids is 1. The largest absolute Gasteiger partial charge is 0.496 e. The molecule has 0 N–H and O–H groups in total. The van der Waals surface area contributed by atoms with Gasteiger partial charge in [0.1, 0.15) is 5.75 Å². The fourth-order valence-corrected chi connectivity index (χ4v) is 1.80. The number of benzene rings is 1. The van der Waals surface area contributed by atoms with Crippen LogP contribution < -0.4 is 4.74 Å². The zero-order valence-corrected chi connectivity index (χ0v) is 10.4. The maximum Gasteiger partial charge on any atom is 0.216 e. The quantitative estimate of drug-likeness (QED) is 0.798. The minimum atomic E-state index is -0.197. The summed E-state index contributed by atoms with van der Waals surface area (Å²) in [5, 5.41) is -0.197. The minimum absolute atomic E-state index is 0.197. The molecule has 0 bridgehead atoms. The molecule has 0 saturated carbocycles. The number of hydrogen-bond donors (Lipinski definition) is 1. The Morgan fingerprint density at radius 3 is 2.40 bits per heavy atom. The van der Waals surface area contributed by atoms with Crippen molar-refractivity contribution in [3.05, 3.63) is 28.8 Å². The Morgan fingerprint density at radius 2 is 2.00 bits per heavy atom. The van der Waals surface area contributed by atoms with Crippen molar-refractivity contribution in [1.29, 1.82) is 0 Å². The molecule has 0 unspecified atom stereocenters. The fourth-order valence-electron chi connectivity index (χ4n) is 1.56. The number of methoxy groups -OCH3 is 1. The zero-order chi connectivity index (χ0) is 11.6. The van der Waals surface area contributed by atoms with Crippen LogP contribution in [0.5, 0.6) is 5.75 Å². The highest BCUT2D eigenvalue weighted by Crippen LogP contribution is 2.30. The van der Waals surface area contributed by atoms with E-state index in [0.717, 1.165) is 16.9 Å². The second-order valence-corrected chi connectivity index (χ2v) is 4.28. The van der Waals surface area contributed by atoms with Gasteiger partial charge in [-0.05, 0) is 36.1 Å². The molecule has 0 aliphatic rings. The molecule has 0 fully saturated rings. The highest BCUT2D eigenvalue weighted by Gasteiger charge is 2.13. The van der Waals surface area contributed by atoms with Crippen molar-refractivity contribution in [3.63, 3.8) is 0 Å². The molecule has 0 radical (unpaired) electrons. The summed E-state index contributed by atoms with van der Waals surface area (Å²) >= 11 is 3.86. The van der Waals surface area contributed by atoms with Gasteiger partial charge < -0.3 is 4.74 Å². The van der Waals surface area contributed by atoms with Crippen LogP contribution in [-0.4, -0.2) is 12.2 Å². The van der Waals surface area contributed by atoms with Crippen LogP contribution in [0.25, 0.3) is 0 Å². The van der Waals surface area contributed by atoms with Crippen molar-refractivity contribution < 1.29 is 9.53 Å². The zero-order valence-electron chi connectivity index (χ0n) is 9.50. The van der Waals surface area contributed by atoms with E-state index in [1.54, 1.807) is 7.11 Å². The van der Waals surface area contributed by atoms with Gasteiger partial charge in [-0.1, -0.05) is 13.8 Å². The predicted molar refractivity (Wildman–Crippen MR) is 65.1 cm³/mol. The summed E-state index contributed by atoms with van der Waals surface area (Å²) in [7, 11) is 1.64. The van der Waals surface area contributed by atoms with Gasteiger partial charge >= 0.3 is 0 Å². The predicted octanol–water partition coefficient (Wildman–Crippen LogP) is 3.20. The van der Waals surface area contributed by atoms with E-state index < -0.39 is 0 Å². The van der Waals surface area contributed by atoms with E-state index in [-0.39, 0.29) is 5.12 Å². The smallest absolute Gasteiger partial charge is 0.216 e. The number of thiol groups is 1. The number of ether oxygens (including phenoxy) is 1. The van der Waals surface area contributed by atoms with Crippen LogP contribution in [0.15, 0.2) is 12.1 Å². The molecular formula is C12H16O2S. The third kappa shape index (κ3) is 2.53. The molecule has 82 valence electrons. The first-order valence-corrected chi connectivity index (χ1v) is 5.34. The first-order valence-electron chi connectivity index (χ1n) is 4.89. The summed E-state index contributed by atoms with van der Waals surface area (Å²) in [6.07, 6.45) is 0. The van der Waals surface area contributed by atoms with Crippen molar-refractivity contribution in [2.24, 2.45) is 0 Å². The van der Waals surface area contributed by atoms with Gasteiger partial charge in [-0.15, -0.1) is 12.6 Å². The Hall–Kier alpha value is -0.960. The number of hydrogen-bond acceptors (Lipinski definition) is 2. The third-order valence-electron chi connectivity index (χ3n) is 2.43. The number of carbonyl (C=O) groups is 1. The van der Waals surface area contributed by atoms with Gasteiger partial charge in [-0.2, -0.15) is 0 Å². The molecule has 0 aliphatic carbocycles. The monoisotopic (exact) mass is 224 g/mol. The molecule has 1 aromatic rings. The highest BCUT2D eigenvalue weighted by atomic mass is 32.1. The lowest BCUT2D eigenvalue weighted by atomic mass is 9.97. The van der Waals surface area contributed by atoms with E-state index in [1.165, 1.54) is 0 Å².